The van der Waals surface area contributed by atoms with Gasteiger partial charge in [0.15, 0.2) is 0 Å². The third-order valence-corrected chi connectivity index (χ3v) is 7.43. The molecule has 52 heavy (non-hydrogen) atoms. The fourth-order valence-corrected chi connectivity index (χ4v) is 4.86. The first-order valence-corrected chi connectivity index (χ1v) is 17.2. The van der Waals surface area contributed by atoms with Gasteiger partial charge in [0.05, 0.1) is 32.8 Å². The molecule has 15 nitrogen and oxygen atoms in total. The first-order chi connectivity index (χ1) is 24.6. The zero-order valence-electron chi connectivity index (χ0n) is 30.9. The third kappa shape index (κ3) is 13.8. The van der Waals surface area contributed by atoms with Gasteiger partial charge in [-0.25, -0.2) is 14.4 Å². The molecular formula is C37H51N3O12. The lowest BCUT2D eigenvalue weighted by Gasteiger charge is -2.26. The molecule has 0 heterocycles. The van der Waals surface area contributed by atoms with E-state index in [2.05, 4.69) is 10.6 Å². The number of carbonyl (C=O) groups excluding carboxylic acids is 6. The number of unbranched alkanes of at least 4 members (excludes halogenated alkanes) is 1. The van der Waals surface area contributed by atoms with Crippen LogP contribution in [0.4, 0.5) is 10.5 Å². The molecule has 0 fully saturated rings. The predicted octanol–water partition coefficient (Wildman–Crippen LogP) is 4.08. The second-order valence-corrected chi connectivity index (χ2v) is 12.6. The number of nitrogens with zero attached hydrogens (tertiary/aromatic N) is 1. The van der Waals surface area contributed by atoms with E-state index < -0.39 is 53.4 Å². The van der Waals surface area contributed by atoms with Crippen LogP contribution in [0.2, 0.25) is 0 Å². The molecule has 2 aromatic rings. The van der Waals surface area contributed by atoms with Gasteiger partial charge in [0.25, 0.3) is 0 Å². The van der Waals surface area contributed by atoms with Crippen molar-refractivity contribution >= 4 is 41.5 Å². The van der Waals surface area contributed by atoms with E-state index in [9.17, 15) is 33.9 Å². The van der Waals surface area contributed by atoms with E-state index in [-0.39, 0.29) is 56.4 Å². The van der Waals surface area contributed by atoms with Crippen molar-refractivity contribution in [3.63, 3.8) is 0 Å². The molecule has 0 aromatic heterocycles. The second-order valence-electron chi connectivity index (χ2n) is 12.6. The molecule has 0 aliphatic rings. The number of methoxy groups -OCH3 is 1. The maximum absolute atomic E-state index is 13.3. The van der Waals surface area contributed by atoms with E-state index in [1.165, 1.54) is 25.3 Å². The molecular weight excluding hydrogens is 678 g/mol. The Morgan fingerprint density at radius 3 is 2.17 bits per heavy atom. The normalized spacial score (nSPS) is 12.1. The standard InChI is InChI=1S/C37H51N3O12/c1-8-25(33(44)49-9-2)23-40(32(43)35(46)50-10-3)26-18-16-24(17-19-26)22-27(39-36(47)52-37(4,5)6)31(42)38-20-11-12-21-51-29-15-13-14-28(41)30(29)34(45)48-7/h13-19,25,27,41H,8-12,20-23H2,1-7H3,(H,38,42)(H,39,47)/t25?,27-/m0/s1. The van der Waals surface area contributed by atoms with Crippen molar-refractivity contribution in [1.29, 1.82) is 0 Å². The largest absolute Gasteiger partial charge is 0.507 e. The van der Waals surface area contributed by atoms with Crippen molar-refractivity contribution < 1.29 is 57.6 Å². The van der Waals surface area contributed by atoms with E-state index in [1.807, 2.05) is 0 Å². The zero-order valence-corrected chi connectivity index (χ0v) is 30.9. The molecule has 0 saturated heterocycles. The van der Waals surface area contributed by atoms with Crippen molar-refractivity contribution in [3.8, 4) is 11.5 Å². The van der Waals surface area contributed by atoms with Crippen molar-refractivity contribution in [3.05, 3.63) is 53.6 Å². The Morgan fingerprint density at radius 2 is 1.58 bits per heavy atom. The molecule has 0 aliphatic carbocycles. The Hall–Kier alpha value is -5.34. The second kappa shape index (κ2) is 21.1. The van der Waals surface area contributed by atoms with Crippen LogP contribution in [0.1, 0.15) is 76.7 Å². The summed E-state index contributed by atoms with van der Waals surface area (Å²) in [6.07, 6.45) is 0.589. The lowest BCUT2D eigenvalue weighted by molar-refractivity contribution is -0.154. The summed E-state index contributed by atoms with van der Waals surface area (Å²) in [7, 11) is 1.20. The number of hydrogen-bond acceptors (Lipinski definition) is 12. The molecule has 0 radical (unpaired) electrons. The number of esters is 3. The number of phenolic OH excluding ortho intramolecular Hbond substituents is 1. The van der Waals surface area contributed by atoms with Crippen LogP contribution < -0.4 is 20.3 Å². The topological polar surface area (TPSA) is 196 Å². The number of nitrogens with one attached hydrogen (secondary N) is 2. The van der Waals surface area contributed by atoms with E-state index in [4.69, 9.17) is 23.7 Å². The van der Waals surface area contributed by atoms with Gasteiger partial charge in [0, 0.05) is 25.2 Å². The Balaban J connectivity index is 2.16. The Labute approximate surface area is 304 Å². The third-order valence-electron chi connectivity index (χ3n) is 7.43. The maximum atomic E-state index is 13.3. The summed E-state index contributed by atoms with van der Waals surface area (Å²) in [5, 5.41) is 15.5. The van der Waals surface area contributed by atoms with Gasteiger partial charge in [-0.05, 0) is 83.7 Å². The van der Waals surface area contributed by atoms with Gasteiger partial charge in [-0.3, -0.25) is 14.4 Å². The number of aromatic hydroxyl groups is 1. The van der Waals surface area contributed by atoms with Crippen LogP contribution in [0, 0.1) is 5.92 Å². The van der Waals surface area contributed by atoms with Gasteiger partial charge in [-0.2, -0.15) is 0 Å². The van der Waals surface area contributed by atoms with E-state index in [0.717, 1.165) is 4.90 Å². The molecule has 0 spiro atoms. The zero-order chi connectivity index (χ0) is 38.8. The number of anilines is 1. The summed E-state index contributed by atoms with van der Waals surface area (Å²) in [5.74, 6) is -4.52. The molecule has 2 aromatic carbocycles. The Bertz CT molecular complexity index is 1520. The quantitative estimate of drug-likeness (QED) is 0.0863. The van der Waals surface area contributed by atoms with Crippen LogP contribution in [0.25, 0.3) is 0 Å². The SMILES string of the molecule is CCOC(=O)C(=O)N(CC(CC)C(=O)OCC)c1ccc(C[C@H](NC(=O)OC(C)(C)C)C(=O)NCCCCOc2cccc(O)c2C(=O)OC)cc1. The summed E-state index contributed by atoms with van der Waals surface area (Å²) in [6.45, 7) is 10.6. The van der Waals surface area contributed by atoms with Gasteiger partial charge in [-0.15, -0.1) is 0 Å². The highest BCUT2D eigenvalue weighted by molar-refractivity contribution is 6.38. The van der Waals surface area contributed by atoms with E-state index >= 15 is 0 Å². The fraction of sp³-hybridized carbons (Fsp3) is 0.514. The lowest BCUT2D eigenvalue weighted by atomic mass is 10.0. The number of rotatable bonds is 18. The first kappa shape index (κ1) is 42.8. The number of carbonyl (C=O) groups is 6. The van der Waals surface area contributed by atoms with Crippen molar-refractivity contribution in [1.82, 2.24) is 10.6 Å². The van der Waals surface area contributed by atoms with Crippen molar-refractivity contribution in [2.45, 2.75) is 78.9 Å². The predicted molar refractivity (Wildman–Crippen MR) is 190 cm³/mol. The smallest absolute Gasteiger partial charge is 0.408 e. The molecule has 2 rings (SSSR count). The van der Waals surface area contributed by atoms with Gasteiger partial charge in [-0.1, -0.05) is 25.1 Å². The monoisotopic (exact) mass is 729 g/mol. The summed E-state index contributed by atoms with van der Waals surface area (Å²) in [6, 6.07) is 9.81. The van der Waals surface area contributed by atoms with Crippen LogP contribution in [-0.2, 0) is 44.5 Å². The van der Waals surface area contributed by atoms with Crippen LogP contribution in [0.15, 0.2) is 42.5 Å². The minimum Gasteiger partial charge on any atom is -0.507 e. The molecule has 2 atom stereocenters. The number of alkyl carbamates (subject to hydrolysis) is 1. The highest BCUT2D eigenvalue weighted by Gasteiger charge is 2.31. The number of ether oxygens (including phenoxy) is 5. The summed E-state index contributed by atoms with van der Waals surface area (Å²) < 4.78 is 25.8. The highest BCUT2D eigenvalue weighted by atomic mass is 16.6. The Morgan fingerprint density at radius 1 is 0.904 bits per heavy atom. The maximum Gasteiger partial charge on any atom is 0.408 e. The number of benzene rings is 2. The molecule has 3 N–H and O–H groups in total. The molecule has 1 unspecified atom stereocenters. The van der Waals surface area contributed by atoms with Crippen LogP contribution in [0.5, 0.6) is 11.5 Å². The molecule has 0 aliphatic heterocycles. The molecule has 15 heteroatoms. The molecule has 0 saturated carbocycles. The number of phenols is 1. The average Bonchev–Trinajstić information content (AvgIpc) is 3.09. The number of hydrogen-bond donors (Lipinski definition) is 3. The molecule has 286 valence electrons. The number of amides is 3. The van der Waals surface area contributed by atoms with Gasteiger partial charge < -0.3 is 44.3 Å². The van der Waals surface area contributed by atoms with E-state index in [0.29, 0.717) is 30.5 Å². The lowest BCUT2D eigenvalue weighted by Crippen LogP contribution is -2.49. The minimum absolute atomic E-state index is 0.00865. The van der Waals surface area contributed by atoms with Crippen LogP contribution >= 0.6 is 0 Å². The molecule has 3 amide bonds. The van der Waals surface area contributed by atoms with Gasteiger partial charge in [0.2, 0.25) is 5.91 Å². The van der Waals surface area contributed by atoms with Crippen molar-refractivity contribution in [2.75, 3.05) is 44.9 Å². The van der Waals surface area contributed by atoms with Gasteiger partial charge in [0.1, 0.15) is 28.7 Å². The Kier molecular flexibility index (Phi) is 17.4. The van der Waals surface area contributed by atoms with Crippen molar-refractivity contribution in [2.24, 2.45) is 5.92 Å². The average molecular weight is 730 g/mol. The van der Waals surface area contributed by atoms with Crippen LogP contribution in [0.3, 0.4) is 0 Å². The summed E-state index contributed by atoms with van der Waals surface area (Å²) in [4.78, 5) is 77.3. The molecule has 0 bridgehead atoms. The van der Waals surface area contributed by atoms with Gasteiger partial charge >= 0.3 is 29.9 Å². The van der Waals surface area contributed by atoms with Crippen LogP contribution in [-0.4, -0.2) is 92.6 Å². The summed E-state index contributed by atoms with van der Waals surface area (Å²) >= 11 is 0. The fourth-order valence-electron chi connectivity index (χ4n) is 4.86. The minimum atomic E-state index is -1.07. The summed E-state index contributed by atoms with van der Waals surface area (Å²) in [5.41, 5.74) is 0.0341. The first-order valence-electron chi connectivity index (χ1n) is 17.2. The van der Waals surface area contributed by atoms with E-state index in [1.54, 1.807) is 65.8 Å². The highest BCUT2D eigenvalue weighted by Crippen LogP contribution is 2.28.